The van der Waals surface area contributed by atoms with Crippen molar-refractivity contribution in [3.63, 3.8) is 0 Å². The van der Waals surface area contributed by atoms with E-state index in [4.69, 9.17) is 16.9 Å². The third kappa shape index (κ3) is 3.56. The van der Waals surface area contributed by atoms with Crippen LogP contribution in [0.1, 0.15) is 11.1 Å². The van der Waals surface area contributed by atoms with E-state index in [9.17, 15) is 4.79 Å². The number of hydrogen-bond acceptors (Lipinski definition) is 5. The van der Waals surface area contributed by atoms with Crippen LogP contribution in [0.25, 0.3) is 5.69 Å². The lowest BCUT2D eigenvalue weighted by atomic mass is 10.1. The van der Waals surface area contributed by atoms with E-state index in [1.54, 1.807) is 18.2 Å². The van der Waals surface area contributed by atoms with Gasteiger partial charge >= 0.3 is 0 Å². The van der Waals surface area contributed by atoms with Gasteiger partial charge in [0.05, 0.1) is 22.7 Å². The Labute approximate surface area is 142 Å². The van der Waals surface area contributed by atoms with Crippen LogP contribution in [0.4, 0.5) is 5.69 Å². The van der Waals surface area contributed by atoms with Gasteiger partial charge in [-0.15, -0.1) is 5.10 Å². The summed E-state index contributed by atoms with van der Waals surface area (Å²) in [7, 11) is 0. The number of nitrogens with one attached hydrogen (secondary N) is 1. The zero-order valence-corrected chi connectivity index (χ0v) is 13.1. The summed E-state index contributed by atoms with van der Waals surface area (Å²) in [6, 6.07) is 14.1. The summed E-state index contributed by atoms with van der Waals surface area (Å²) in [4.78, 5) is 12.1. The molecule has 0 aliphatic carbocycles. The first-order valence-corrected chi connectivity index (χ1v) is 7.35. The molecule has 3 aromatic rings. The fourth-order valence-corrected chi connectivity index (χ4v) is 2.34. The summed E-state index contributed by atoms with van der Waals surface area (Å²) in [5, 5.41) is 22.8. The molecule has 24 heavy (non-hydrogen) atoms. The number of carbonyl (C=O) groups is 1. The Balaban J connectivity index is 1.65. The Morgan fingerprint density at radius 2 is 2.04 bits per heavy atom. The van der Waals surface area contributed by atoms with Crippen LogP contribution in [0.2, 0.25) is 5.02 Å². The van der Waals surface area contributed by atoms with Crippen molar-refractivity contribution in [2.24, 2.45) is 0 Å². The average Bonchev–Trinajstić information content (AvgIpc) is 3.10. The van der Waals surface area contributed by atoms with Crippen molar-refractivity contribution in [2.75, 3.05) is 5.32 Å². The zero-order chi connectivity index (χ0) is 16.9. The van der Waals surface area contributed by atoms with Crippen molar-refractivity contribution in [3.05, 3.63) is 64.9 Å². The molecule has 118 valence electrons. The second-order valence-electron chi connectivity index (χ2n) is 4.95. The molecule has 7 nitrogen and oxygen atoms in total. The van der Waals surface area contributed by atoms with Gasteiger partial charge in [0.2, 0.25) is 5.91 Å². The molecule has 1 aromatic heterocycles. The van der Waals surface area contributed by atoms with Gasteiger partial charge in [0.15, 0.2) is 0 Å². The topological polar surface area (TPSA) is 96.5 Å². The first-order valence-electron chi connectivity index (χ1n) is 6.97. The van der Waals surface area contributed by atoms with Gasteiger partial charge < -0.3 is 5.32 Å². The minimum Gasteiger partial charge on any atom is -0.326 e. The van der Waals surface area contributed by atoms with Crippen LogP contribution in [0, 0.1) is 11.3 Å². The standard InChI is InChI=1S/C16H11ClN6O/c17-15-8-13(4-3-12(15)9-18)20-16(24)7-11-1-5-14(6-2-11)23-10-19-21-22-23/h1-6,8,10H,7H2,(H,20,24). The third-order valence-corrected chi connectivity index (χ3v) is 3.60. The number of benzene rings is 2. The van der Waals surface area contributed by atoms with Gasteiger partial charge in [0.25, 0.3) is 0 Å². The second-order valence-corrected chi connectivity index (χ2v) is 5.36. The first kappa shape index (κ1) is 15.6. The minimum atomic E-state index is -0.175. The van der Waals surface area contributed by atoms with Gasteiger partial charge in [-0.05, 0) is 46.3 Å². The maximum absolute atomic E-state index is 12.1. The Kier molecular flexibility index (Phi) is 4.50. The zero-order valence-electron chi connectivity index (χ0n) is 12.3. The monoisotopic (exact) mass is 338 g/mol. The van der Waals surface area contributed by atoms with Crippen LogP contribution in [0.15, 0.2) is 48.8 Å². The third-order valence-electron chi connectivity index (χ3n) is 3.29. The molecule has 3 rings (SSSR count). The van der Waals surface area contributed by atoms with Crippen molar-refractivity contribution < 1.29 is 4.79 Å². The summed E-state index contributed by atoms with van der Waals surface area (Å²) in [5.41, 5.74) is 2.58. The quantitative estimate of drug-likeness (QED) is 0.787. The fraction of sp³-hybridized carbons (Fsp3) is 0.0625. The Morgan fingerprint density at radius 1 is 1.25 bits per heavy atom. The van der Waals surface area contributed by atoms with Crippen LogP contribution in [-0.4, -0.2) is 26.1 Å². The van der Waals surface area contributed by atoms with E-state index in [2.05, 4.69) is 20.8 Å². The van der Waals surface area contributed by atoms with Crippen LogP contribution < -0.4 is 5.32 Å². The molecule has 1 N–H and O–H groups in total. The van der Waals surface area contributed by atoms with E-state index in [1.807, 2.05) is 30.3 Å². The average molecular weight is 339 g/mol. The molecule has 1 amide bonds. The van der Waals surface area contributed by atoms with Crippen molar-refractivity contribution in [1.29, 1.82) is 5.26 Å². The Bertz CT molecular complexity index is 899. The fourth-order valence-electron chi connectivity index (χ4n) is 2.12. The number of carbonyl (C=O) groups excluding carboxylic acids is 1. The van der Waals surface area contributed by atoms with Crippen LogP contribution in [-0.2, 0) is 11.2 Å². The SMILES string of the molecule is N#Cc1ccc(NC(=O)Cc2ccc(-n3cnnn3)cc2)cc1Cl. The Morgan fingerprint density at radius 3 is 2.67 bits per heavy atom. The summed E-state index contributed by atoms with van der Waals surface area (Å²) in [6.45, 7) is 0. The summed E-state index contributed by atoms with van der Waals surface area (Å²) < 4.78 is 1.53. The maximum Gasteiger partial charge on any atom is 0.228 e. The molecular weight excluding hydrogens is 328 g/mol. The van der Waals surface area contributed by atoms with Gasteiger partial charge in [-0.25, -0.2) is 4.68 Å². The highest BCUT2D eigenvalue weighted by molar-refractivity contribution is 6.32. The van der Waals surface area contributed by atoms with Gasteiger partial charge in [-0.1, -0.05) is 23.7 Å². The predicted molar refractivity (Wildman–Crippen MR) is 87.7 cm³/mol. The lowest BCUT2D eigenvalue weighted by Crippen LogP contribution is -2.14. The molecule has 8 heteroatoms. The van der Waals surface area contributed by atoms with Crippen molar-refractivity contribution in [2.45, 2.75) is 6.42 Å². The number of halogens is 1. The smallest absolute Gasteiger partial charge is 0.228 e. The molecule has 0 saturated carbocycles. The molecule has 2 aromatic carbocycles. The number of nitriles is 1. The number of tetrazole rings is 1. The summed E-state index contributed by atoms with van der Waals surface area (Å²) >= 11 is 5.95. The molecule has 0 aliphatic rings. The Hall–Kier alpha value is -3.24. The highest BCUT2D eigenvalue weighted by Crippen LogP contribution is 2.20. The van der Waals surface area contributed by atoms with Crippen molar-refractivity contribution in [1.82, 2.24) is 20.2 Å². The number of rotatable bonds is 4. The lowest BCUT2D eigenvalue weighted by molar-refractivity contribution is -0.115. The predicted octanol–water partition coefficient (Wildman–Crippen LogP) is 2.37. The summed E-state index contributed by atoms with van der Waals surface area (Å²) in [5.74, 6) is -0.175. The molecule has 0 radical (unpaired) electrons. The van der Waals surface area contributed by atoms with E-state index in [1.165, 1.54) is 11.0 Å². The van der Waals surface area contributed by atoms with E-state index in [0.717, 1.165) is 11.3 Å². The molecule has 0 bridgehead atoms. The van der Waals surface area contributed by atoms with Crippen LogP contribution in [0.5, 0.6) is 0 Å². The van der Waals surface area contributed by atoms with Gasteiger partial charge in [0, 0.05) is 5.69 Å². The number of hydrogen-bond donors (Lipinski definition) is 1. The van der Waals surface area contributed by atoms with Gasteiger partial charge in [0.1, 0.15) is 12.4 Å². The van der Waals surface area contributed by atoms with Gasteiger partial charge in [-0.2, -0.15) is 5.26 Å². The molecule has 0 saturated heterocycles. The van der Waals surface area contributed by atoms with Gasteiger partial charge in [-0.3, -0.25) is 4.79 Å². The highest BCUT2D eigenvalue weighted by Gasteiger charge is 2.07. The number of amides is 1. The van der Waals surface area contributed by atoms with Crippen LogP contribution >= 0.6 is 11.6 Å². The number of nitrogens with zero attached hydrogens (tertiary/aromatic N) is 5. The summed E-state index contributed by atoms with van der Waals surface area (Å²) in [6.07, 6.45) is 1.71. The molecule has 0 spiro atoms. The van der Waals surface area contributed by atoms with E-state index in [-0.39, 0.29) is 12.3 Å². The lowest BCUT2D eigenvalue weighted by Gasteiger charge is -2.07. The van der Waals surface area contributed by atoms with Crippen molar-refractivity contribution >= 4 is 23.2 Å². The maximum atomic E-state index is 12.1. The van der Waals surface area contributed by atoms with Crippen LogP contribution in [0.3, 0.4) is 0 Å². The van der Waals surface area contributed by atoms with E-state index < -0.39 is 0 Å². The van der Waals surface area contributed by atoms with E-state index in [0.29, 0.717) is 16.3 Å². The molecule has 1 heterocycles. The van der Waals surface area contributed by atoms with E-state index >= 15 is 0 Å². The molecule has 0 unspecified atom stereocenters. The second kappa shape index (κ2) is 6.89. The normalized spacial score (nSPS) is 10.2. The molecule has 0 fully saturated rings. The molecule has 0 atom stereocenters. The first-order chi connectivity index (χ1) is 11.7. The molecular formula is C16H11ClN6O. The molecule has 0 aliphatic heterocycles. The number of aromatic nitrogens is 4. The number of anilines is 1. The minimum absolute atomic E-state index is 0.175. The van der Waals surface area contributed by atoms with Crippen molar-refractivity contribution in [3.8, 4) is 11.8 Å². The largest absolute Gasteiger partial charge is 0.326 e. The highest BCUT2D eigenvalue weighted by atomic mass is 35.5.